The summed E-state index contributed by atoms with van der Waals surface area (Å²) in [6.07, 6.45) is 5.94. The highest BCUT2D eigenvalue weighted by atomic mass is 16.3. The highest BCUT2D eigenvalue weighted by Gasteiger charge is 2.41. The molecule has 1 aromatic carbocycles. The van der Waals surface area contributed by atoms with Crippen molar-refractivity contribution >= 4 is 0 Å². The molecule has 2 heteroatoms. The first-order valence-corrected chi connectivity index (χ1v) is 6.80. The van der Waals surface area contributed by atoms with Gasteiger partial charge >= 0.3 is 0 Å². The van der Waals surface area contributed by atoms with Crippen LogP contribution in [-0.2, 0) is 12.1 Å². The molecule has 1 saturated carbocycles. The van der Waals surface area contributed by atoms with Crippen LogP contribution >= 0.6 is 0 Å². The van der Waals surface area contributed by atoms with Crippen molar-refractivity contribution in [1.82, 2.24) is 4.90 Å². The van der Waals surface area contributed by atoms with E-state index in [2.05, 4.69) is 29.2 Å². The molecule has 0 bridgehead atoms. The molecule has 17 heavy (non-hydrogen) atoms. The van der Waals surface area contributed by atoms with Crippen molar-refractivity contribution in [2.24, 2.45) is 0 Å². The number of rotatable bonds is 3. The molecule has 1 heterocycles. The molecule has 1 aliphatic heterocycles. The Kier molecular flexibility index (Phi) is 2.93. The van der Waals surface area contributed by atoms with Crippen LogP contribution < -0.4 is 0 Å². The molecule has 0 spiro atoms. The summed E-state index contributed by atoms with van der Waals surface area (Å²) in [6.45, 7) is 3.55. The van der Waals surface area contributed by atoms with Crippen LogP contribution in [-0.4, -0.2) is 23.1 Å². The van der Waals surface area contributed by atoms with Gasteiger partial charge in [-0.2, -0.15) is 0 Å². The number of piperidine rings is 1. The zero-order valence-corrected chi connectivity index (χ0v) is 10.4. The minimum atomic E-state index is -0.482. The summed E-state index contributed by atoms with van der Waals surface area (Å²) in [6, 6.07) is 8.57. The van der Waals surface area contributed by atoms with Crippen molar-refractivity contribution in [3.05, 3.63) is 35.4 Å². The molecule has 1 saturated heterocycles. The lowest BCUT2D eigenvalue weighted by Crippen LogP contribution is -2.29. The van der Waals surface area contributed by atoms with Crippen LogP contribution in [0.3, 0.4) is 0 Å². The van der Waals surface area contributed by atoms with Crippen LogP contribution in [0, 0.1) is 0 Å². The average molecular weight is 231 g/mol. The van der Waals surface area contributed by atoms with E-state index in [9.17, 15) is 5.11 Å². The number of hydrogen-bond acceptors (Lipinski definition) is 2. The molecule has 0 amide bonds. The van der Waals surface area contributed by atoms with E-state index in [4.69, 9.17) is 0 Å². The fourth-order valence-electron chi connectivity index (χ4n) is 2.70. The van der Waals surface area contributed by atoms with E-state index in [1.54, 1.807) is 0 Å². The van der Waals surface area contributed by atoms with E-state index in [1.807, 2.05) is 0 Å². The Morgan fingerprint density at radius 2 is 1.65 bits per heavy atom. The predicted molar refractivity (Wildman–Crippen MR) is 68.7 cm³/mol. The van der Waals surface area contributed by atoms with Crippen molar-refractivity contribution in [3.63, 3.8) is 0 Å². The van der Waals surface area contributed by atoms with E-state index >= 15 is 0 Å². The quantitative estimate of drug-likeness (QED) is 0.864. The van der Waals surface area contributed by atoms with Gasteiger partial charge in [-0.3, -0.25) is 4.90 Å². The Morgan fingerprint density at radius 3 is 2.24 bits per heavy atom. The molecule has 3 rings (SSSR count). The van der Waals surface area contributed by atoms with E-state index in [0.29, 0.717) is 0 Å². The summed E-state index contributed by atoms with van der Waals surface area (Å²) in [4.78, 5) is 2.53. The summed E-state index contributed by atoms with van der Waals surface area (Å²) < 4.78 is 0. The van der Waals surface area contributed by atoms with Gasteiger partial charge < -0.3 is 5.11 Å². The molecule has 2 nitrogen and oxygen atoms in total. The van der Waals surface area contributed by atoms with Gasteiger partial charge in [-0.25, -0.2) is 0 Å². The summed E-state index contributed by atoms with van der Waals surface area (Å²) >= 11 is 0. The third-order valence-electron chi connectivity index (χ3n) is 4.07. The largest absolute Gasteiger partial charge is 0.385 e. The maximum Gasteiger partial charge on any atom is 0.0899 e. The molecule has 1 N–H and O–H groups in total. The molecular formula is C15H21NO. The molecule has 0 radical (unpaired) electrons. The lowest BCUT2D eigenvalue weighted by Gasteiger charge is -2.26. The second-order valence-corrected chi connectivity index (χ2v) is 5.57. The Morgan fingerprint density at radius 1 is 1.00 bits per heavy atom. The van der Waals surface area contributed by atoms with Gasteiger partial charge in [0.2, 0.25) is 0 Å². The third kappa shape index (κ3) is 2.53. The summed E-state index contributed by atoms with van der Waals surface area (Å²) in [5.74, 6) is 0. The minimum Gasteiger partial charge on any atom is -0.385 e. The second-order valence-electron chi connectivity index (χ2n) is 5.57. The summed E-state index contributed by atoms with van der Waals surface area (Å²) in [5, 5.41) is 10.0. The van der Waals surface area contributed by atoms with Crippen LogP contribution in [0.2, 0.25) is 0 Å². The standard InChI is InChI=1S/C15H21NO/c17-15(8-9-15)14-6-4-13(5-7-14)12-16-10-2-1-3-11-16/h4-7,17H,1-3,8-12H2. The molecular weight excluding hydrogens is 210 g/mol. The SMILES string of the molecule is OC1(c2ccc(CN3CCCCC3)cc2)CC1. The topological polar surface area (TPSA) is 23.5 Å². The fourth-order valence-corrected chi connectivity index (χ4v) is 2.70. The Bertz CT molecular complexity index is 374. The normalized spacial score (nSPS) is 23.6. The van der Waals surface area contributed by atoms with E-state index in [-0.39, 0.29) is 0 Å². The zero-order valence-electron chi connectivity index (χ0n) is 10.4. The van der Waals surface area contributed by atoms with E-state index in [0.717, 1.165) is 24.9 Å². The van der Waals surface area contributed by atoms with Gasteiger partial charge in [-0.15, -0.1) is 0 Å². The molecule has 0 unspecified atom stereocenters. The van der Waals surface area contributed by atoms with Crippen molar-refractivity contribution in [2.75, 3.05) is 13.1 Å². The Hall–Kier alpha value is -0.860. The van der Waals surface area contributed by atoms with Crippen LogP contribution in [0.1, 0.15) is 43.2 Å². The van der Waals surface area contributed by atoms with Crippen molar-refractivity contribution in [3.8, 4) is 0 Å². The van der Waals surface area contributed by atoms with Crippen LogP contribution in [0.25, 0.3) is 0 Å². The first-order chi connectivity index (χ1) is 8.26. The van der Waals surface area contributed by atoms with Gasteiger partial charge in [-0.05, 0) is 49.9 Å². The number of hydrogen-bond donors (Lipinski definition) is 1. The monoisotopic (exact) mass is 231 g/mol. The van der Waals surface area contributed by atoms with Gasteiger partial charge in [0.05, 0.1) is 5.60 Å². The first-order valence-electron chi connectivity index (χ1n) is 6.80. The van der Waals surface area contributed by atoms with Crippen LogP contribution in [0.15, 0.2) is 24.3 Å². The van der Waals surface area contributed by atoms with Gasteiger partial charge in [-0.1, -0.05) is 30.7 Å². The number of likely N-dealkylation sites (tertiary alicyclic amines) is 1. The van der Waals surface area contributed by atoms with Crippen molar-refractivity contribution in [1.29, 1.82) is 0 Å². The first kappa shape index (κ1) is 11.2. The Labute approximate surface area is 103 Å². The van der Waals surface area contributed by atoms with Gasteiger partial charge in [0.25, 0.3) is 0 Å². The maximum atomic E-state index is 10.0. The molecule has 2 fully saturated rings. The zero-order chi connectivity index (χ0) is 11.7. The lowest BCUT2D eigenvalue weighted by atomic mass is 10.0. The number of aliphatic hydroxyl groups is 1. The third-order valence-corrected chi connectivity index (χ3v) is 4.07. The molecule has 1 aromatic rings. The van der Waals surface area contributed by atoms with Crippen molar-refractivity contribution < 1.29 is 5.11 Å². The second kappa shape index (κ2) is 4.43. The number of benzene rings is 1. The lowest BCUT2D eigenvalue weighted by molar-refractivity contribution is 0.151. The summed E-state index contributed by atoms with van der Waals surface area (Å²) in [5.41, 5.74) is 1.99. The summed E-state index contributed by atoms with van der Waals surface area (Å²) in [7, 11) is 0. The minimum absolute atomic E-state index is 0.482. The fraction of sp³-hybridized carbons (Fsp3) is 0.600. The molecule has 92 valence electrons. The van der Waals surface area contributed by atoms with Gasteiger partial charge in [0.1, 0.15) is 0 Å². The predicted octanol–water partition coefficient (Wildman–Crippen LogP) is 2.65. The van der Waals surface area contributed by atoms with Crippen LogP contribution in [0.4, 0.5) is 0 Å². The average Bonchev–Trinajstić information content (AvgIpc) is 3.11. The van der Waals surface area contributed by atoms with Gasteiger partial charge in [0, 0.05) is 6.54 Å². The van der Waals surface area contributed by atoms with Crippen molar-refractivity contribution in [2.45, 2.75) is 44.2 Å². The van der Waals surface area contributed by atoms with Crippen LogP contribution in [0.5, 0.6) is 0 Å². The maximum absolute atomic E-state index is 10.0. The number of nitrogens with zero attached hydrogens (tertiary/aromatic N) is 1. The molecule has 2 aliphatic rings. The molecule has 1 aliphatic carbocycles. The van der Waals surface area contributed by atoms with E-state index < -0.39 is 5.60 Å². The highest BCUT2D eigenvalue weighted by Crippen LogP contribution is 2.45. The Balaban J connectivity index is 1.63. The smallest absolute Gasteiger partial charge is 0.0899 e. The van der Waals surface area contributed by atoms with E-state index in [1.165, 1.54) is 37.9 Å². The van der Waals surface area contributed by atoms with Gasteiger partial charge in [0.15, 0.2) is 0 Å². The highest BCUT2D eigenvalue weighted by molar-refractivity contribution is 5.30. The molecule has 0 atom stereocenters. The molecule has 0 aromatic heterocycles.